The van der Waals surface area contributed by atoms with Crippen LogP contribution in [0.5, 0.6) is 0 Å². The molecule has 1 aliphatic heterocycles. The molecule has 0 radical (unpaired) electrons. The Kier molecular flexibility index (Phi) is 3.86. The third-order valence-electron chi connectivity index (χ3n) is 4.36. The smallest absolute Gasteiger partial charge is 0.227 e. The number of hydrogen-bond donors (Lipinski definition) is 0. The number of carbonyl (C=O) groups is 1. The number of carbonyl (C=O) groups excluding carboxylic acids is 1. The first-order valence-electron chi connectivity index (χ1n) is 8.05. The number of hydrogen-bond acceptors (Lipinski definition) is 5. The fourth-order valence-electron chi connectivity index (χ4n) is 3.02. The minimum Gasteiger partial charge on any atom is -0.443 e. The molecule has 1 aromatic carbocycles. The van der Waals surface area contributed by atoms with Gasteiger partial charge in [0.05, 0.1) is 6.42 Å². The van der Waals surface area contributed by atoms with Crippen molar-refractivity contribution in [2.45, 2.75) is 6.42 Å². The van der Waals surface area contributed by atoms with Gasteiger partial charge in [0.2, 0.25) is 5.91 Å². The highest BCUT2D eigenvalue weighted by Crippen LogP contribution is 2.17. The van der Waals surface area contributed by atoms with E-state index in [0.717, 1.165) is 48.7 Å². The summed E-state index contributed by atoms with van der Waals surface area (Å²) in [5.41, 5.74) is 2.49. The zero-order valence-corrected chi connectivity index (χ0v) is 13.3. The van der Waals surface area contributed by atoms with Crippen molar-refractivity contribution in [1.82, 2.24) is 14.9 Å². The van der Waals surface area contributed by atoms with Crippen LogP contribution in [-0.2, 0) is 11.2 Å². The molecule has 0 unspecified atom stereocenters. The van der Waals surface area contributed by atoms with Crippen molar-refractivity contribution < 1.29 is 9.21 Å². The quantitative estimate of drug-likeness (QED) is 0.739. The second-order valence-corrected chi connectivity index (χ2v) is 5.89. The summed E-state index contributed by atoms with van der Waals surface area (Å²) in [6.07, 6.45) is 3.61. The molecule has 2 aromatic heterocycles. The summed E-state index contributed by atoms with van der Waals surface area (Å²) in [7, 11) is 0. The third-order valence-corrected chi connectivity index (χ3v) is 4.36. The molecule has 0 atom stereocenters. The molecule has 24 heavy (non-hydrogen) atoms. The molecule has 0 spiro atoms. The maximum Gasteiger partial charge on any atom is 0.227 e. The van der Waals surface area contributed by atoms with Crippen LogP contribution in [0.15, 0.2) is 53.4 Å². The first-order chi connectivity index (χ1) is 11.8. The minimum absolute atomic E-state index is 0.148. The lowest BCUT2D eigenvalue weighted by Crippen LogP contribution is -2.49. The average molecular weight is 322 g/mol. The van der Waals surface area contributed by atoms with Crippen molar-refractivity contribution in [2.75, 3.05) is 31.1 Å². The fourth-order valence-corrected chi connectivity index (χ4v) is 3.02. The number of piperazine rings is 1. The Hall–Kier alpha value is -2.89. The maximum absolute atomic E-state index is 12.5. The van der Waals surface area contributed by atoms with Gasteiger partial charge in [0.15, 0.2) is 12.0 Å². The predicted octanol–water partition coefficient (Wildman–Crippen LogP) is 2.11. The standard InChI is InChI=1S/C18H18N4O2/c23-18(12-14-4-5-15-16(11-14)24-13-20-15)22-9-7-21(8-10-22)17-3-1-2-6-19-17/h1-6,11,13H,7-10,12H2. The van der Waals surface area contributed by atoms with Crippen molar-refractivity contribution in [3.8, 4) is 0 Å². The molecule has 0 bridgehead atoms. The number of oxazole rings is 1. The van der Waals surface area contributed by atoms with Crippen LogP contribution in [0, 0.1) is 0 Å². The summed E-state index contributed by atoms with van der Waals surface area (Å²) in [5, 5.41) is 0. The monoisotopic (exact) mass is 322 g/mol. The van der Waals surface area contributed by atoms with Gasteiger partial charge in [0.1, 0.15) is 11.3 Å². The van der Waals surface area contributed by atoms with Crippen molar-refractivity contribution in [1.29, 1.82) is 0 Å². The Bertz CT molecular complexity index is 838. The van der Waals surface area contributed by atoms with Crippen LogP contribution in [0.2, 0.25) is 0 Å². The van der Waals surface area contributed by atoms with Crippen LogP contribution < -0.4 is 4.90 Å². The highest BCUT2D eigenvalue weighted by Gasteiger charge is 2.21. The van der Waals surface area contributed by atoms with Gasteiger partial charge < -0.3 is 14.2 Å². The fraction of sp³-hybridized carbons (Fsp3) is 0.278. The number of nitrogens with zero attached hydrogens (tertiary/aromatic N) is 4. The Balaban J connectivity index is 1.37. The summed E-state index contributed by atoms with van der Waals surface area (Å²) < 4.78 is 5.30. The molecule has 3 aromatic rings. The molecular formula is C18H18N4O2. The van der Waals surface area contributed by atoms with E-state index in [1.165, 1.54) is 6.39 Å². The van der Waals surface area contributed by atoms with Gasteiger partial charge in [-0.25, -0.2) is 9.97 Å². The molecule has 0 N–H and O–H groups in total. The van der Waals surface area contributed by atoms with Crippen LogP contribution in [0.4, 0.5) is 5.82 Å². The van der Waals surface area contributed by atoms with Crippen molar-refractivity contribution in [2.24, 2.45) is 0 Å². The van der Waals surface area contributed by atoms with Gasteiger partial charge >= 0.3 is 0 Å². The zero-order chi connectivity index (χ0) is 16.4. The van der Waals surface area contributed by atoms with Crippen LogP contribution in [0.25, 0.3) is 11.1 Å². The Morgan fingerprint density at radius 1 is 1.08 bits per heavy atom. The highest BCUT2D eigenvalue weighted by molar-refractivity contribution is 5.81. The van der Waals surface area contributed by atoms with E-state index in [4.69, 9.17) is 4.42 Å². The topological polar surface area (TPSA) is 62.5 Å². The van der Waals surface area contributed by atoms with E-state index in [0.29, 0.717) is 6.42 Å². The van der Waals surface area contributed by atoms with Gasteiger partial charge in [-0.2, -0.15) is 0 Å². The Labute approximate surface area is 139 Å². The van der Waals surface area contributed by atoms with Crippen LogP contribution in [0.3, 0.4) is 0 Å². The molecule has 1 amide bonds. The number of aromatic nitrogens is 2. The van der Waals surface area contributed by atoms with Crippen molar-refractivity contribution in [3.05, 3.63) is 54.6 Å². The van der Waals surface area contributed by atoms with Gasteiger partial charge in [-0.15, -0.1) is 0 Å². The molecular weight excluding hydrogens is 304 g/mol. The number of rotatable bonds is 3. The summed E-state index contributed by atoms with van der Waals surface area (Å²) in [6, 6.07) is 11.6. The summed E-state index contributed by atoms with van der Waals surface area (Å²) >= 11 is 0. The number of anilines is 1. The lowest BCUT2D eigenvalue weighted by molar-refractivity contribution is -0.130. The second-order valence-electron chi connectivity index (χ2n) is 5.89. The number of fused-ring (bicyclic) bond motifs is 1. The number of benzene rings is 1. The normalized spacial score (nSPS) is 15.0. The minimum atomic E-state index is 0.148. The van der Waals surface area contributed by atoms with Crippen molar-refractivity contribution in [3.63, 3.8) is 0 Å². The summed E-state index contributed by atoms with van der Waals surface area (Å²) in [4.78, 5) is 25.1. The van der Waals surface area contributed by atoms with E-state index in [-0.39, 0.29) is 5.91 Å². The van der Waals surface area contributed by atoms with E-state index >= 15 is 0 Å². The maximum atomic E-state index is 12.5. The second kappa shape index (κ2) is 6.31. The predicted molar refractivity (Wildman–Crippen MR) is 90.7 cm³/mol. The summed E-state index contributed by atoms with van der Waals surface area (Å²) in [6.45, 7) is 3.06. The van der Waals surface area contributed by atoms with Gasteiger partial charge in [0.25, 0.3) is 0 Å². The molecule has 1 fully saturated rings. The van der Waals surface area contributed by atoms with Gasteiger partial charge in [-0.05, 0) is 29.8 Å². The van der Waals surface area contributed by atoms with Crippen molar-refractivity contribution >= 4 is 22.8 Å². The first kappa shape index (κ1) is 14.7. The van der Waals surface area contributed by atoms with E-state index in [1.54, 1.807) is 6.20 Å². The van der Waals surface area contributed by atoms with Crippen LogP contribution >= 0.6 is 0 Å². The molecule has 122 valence electrons. The average Bonchev–Trinajstić information content (AvgIpc) is 3.10. The molecule has 1 saturated heterocycles. The molecule has 0 aliphatic carbocycles. The van der Waals surface area contributed by atoms with Gasteiger partial charge in [0, 0.05) is 32.4 Å². The molecule has 4 rings (SSSR count). The van der Waals surface area contributed by atoms with E-state index in [1.807, 2.05) is 41.3 Å². The largest absolute Gasteiger partial charge is 0.443 e. The first-order valence-corrected chi connectivity index (χ1v) is 8.05. The molecule has 6 nitrogen and oxygen atoms in total. The van der Waals surface area contributed by atoms with E-state index < -0.39 is 0 Å². The van der Waals surface area contributed by atoms with Gasteiger partial charge in [-0.3, -0.25) is 4.79 Å². The number of amides is 1. The molecule has 0 saturated carbocycles. The highest BCUT2D eigenvalue weighted by atomic mass is 16.3. The summed E-state index contributed by atoms with van der Waals surface area (Å²) in [5.74, 6) is 1.12. The Morgan fingerprint density at radius 2 is 1.96 bits per heavy atom. The molecule has 6 heteroatoms. The molecule has 3 heterocycles. The van der Waals surface area contributed by atoms with E-state index in [9.17, 15) is 4.79 Å². The van der Waals surface area contributed by atoms with Crippen LogP contribution in [0.1, 0.15) is 5.56 Å². The third kappa shape index (κ3) is 2.95. The number of pyridine rings is 1. The Morgan fingerprint density at radius 3 is 2.75 bits per heavy atom. The SMILES string of the molecule is O=C(Cc1ccc2ncoc2c1)N1CCN(c2ccccn2)CC1. The lowest BCUT2D eigenvalue weighted by Gasteiger charge is -2.35. The zero-order valence-electron chi connectivity index (χ0n) is 13.3. The van der Waals surface area contributed by atoms with Crippen LogP contribution in [-0.4, -0.2) is 47.0 Å². The van der Waals surface area contributed by atoms with E-state index in [2.05, 4.69) is 14.9 Å². The molecule has 1 aliphatic rings. The van der Waals surface area contributed by atoms with Gasteiger partial charge in [-0.1, -0.05) is 12.1 Å². The lowest BCUT2D eigenvalue weighted by atomic mass is 10.1.